The number of sulfonamides is 1. The van der Waals surface area contributed by atoms with E-state index in [9.17, 15) is 13.2 Å². The molecule has 2 unspecified atom stereocenters. The van der Waals surface area contributed by atoms with Gasteiger partial charge in [-0.1, -0.05) is 60.9 Å². The Morgan fingerprint density at radius 2 is 1.71 bits per heavy atom. The number of nitrogens with zero attached hydrogens (tertiary/aromatic N) is 1. The summed E-state index contributed by atoms with van der Waals surface area (Å²) in [6, 6.07) is 15.6. The van der Waals surface area contributed by atoms with Crippen LogP contribution in [0.25, 0.3) is 0 Å². The number of carbonyl (C=O) groups is 1. The molecule has 0 radical (unpaired) electrons. The average Bonchev–Trinajstić information content (AvgIpc) is 3.07. The van der Waals surface area contributed by atoms with Crippen molar-refractivity contribution >= 4 is 15.8 Å². The SMILES string of the molecule is Cc1ccc(S(=O)(=O)N2C3CCCCC3O[C@H]2CC(=O)c2ccccc2)cc1. The monoisotopic (exact) mass is 399 g/mol. The molecule has 1 saturated heterocycles. The lowest BCUT2D eigenvalue weighted by atomic mass is 9.93. The van der Waals surface area contributed by atoms with Gasteiger partial charge in [-0.2, -0.15) is 4.31 Å². The zero-order valence-electron chi connectivity index (χ0n) is 16.0. The summed E-state index contributed by atoms with van der Waals surface area (Å²) in [5.74, 6) is -0.103. The molecule has 2 fully saturated rings. The van der Waals surface area contributed by atoms with E-state index in [1.54, 1.807) is 36.4 Å². The Morgan fingerprint density at radius 3 is 2.43 bits per heavy atom. The van der Waals surface area contributed by atoms with Crippen molar-refractivity contribution < 1.29 is 17.9 Å². The van der Waals surface area contributed by atoms with E-state index < -0.39 is 16.3 Å². The molecule has 3 atom stereocenters. The number of aryl methyl sites for hydroxylation is 1. The molecule has 6 heteroatoms. The molecule has 1 saturated carbocycles. The molecule has 28 heavy (non-hydrogen) atoms. The van der Waals surface area contributed by atoms with Crippen LogP contribution in [-0.2, 0) is 14.8 Å². The second-order valence-corrected chi connectivity index (χ2v) is 9.47. The lowest BCUT2D eigenvalue weighted by Gasteiger charge is -2.30. The number of rotatable bonds is 5. The minimum absolute atomic E-state index is 0.0299. The van der Waals surface area contributed by atoms with Gasteiger partial charge in [0.05, 0.1) is 23.5 Å². The summed E-state index contributed by atoms with van der Waals surface area (Å²) < 4.78 is 34.5. The van der Waals surface area contributed by atoms with E-state index in [4.69, 9.17) is 4.74 Å². The average molecular weight is 400 g/mol. The number of hydrogen-bond acceptors (Lipinski definition) is 4. The number of fused-ring (bicyclic) bond motifs is 1. The van der Waals surface area contributed by atoms with Gasteiger partial charge in [0.1, 0.15) is 6.23 Å². The molecule has 0 amide bonds. The molecule has 1 heterocycles. The summed E-state index contributed by atoms with van der Waals surface area (Å²) in [6.45, 7) is 1.92. The fourth-order valence-corrected chi connectivity index (χ4v) is 5.96. The number of benzene rings is 2. The Hall–Kier alpha value is -2.02. The van der Waals surface area contributed by atoms with Crippen molar-refractivity contribution in [1.29, 1.82) is 0 Å². The minimum Gasteiger partial charge on any atom is -0.357 e. The second-order valence-electron chi connectivity index (χ2n) is 7.62. The predicted molar refractivity (Wildman–Crippen MR) is 107 cm³/mol. The number of hydrogen-bond donors (Lipinski definition) is 0. The van der Waals surface area contributed by atoms with Gasteiger partial charge >= 0.3 is 0 Å². The topological polar surface area (TPSA) is 63.7 Å². The predicted octanol–water partition coefficient (Wildman–Crippen LogP) is 3.93. The van der Waals surface area contributed by atoms with Crippen LogP contribution in [0.2, 0.25) is 0 Å². The minimum atomic E-state index is -3.75. The van der Waals surface area contributed by atoms with Gasteiger partial charge < -0.3 is 4.74 Å². The fourth-order valence-electron chi connectivity index (χ4n) is 4.21. The van der Waals surface area contributed by atoms with Crippen molar-refractivity contribution in [2.75, 3.05) is 0 Å². The third-order valence-electron chi connectivity index (χ3n) is 5.66. The first kappa shape index (κ1) is 19.3. The highest BCUT2D eigenvalue weighted by Crippen LogP contribution is 2.39. The Balaban J connectivity index is 1.66. The van der Waals surface area contributed by atoms with Crippen molar-refractivity contribution in [3.05, 3.63) is 65.7 Å². The van der Waals surface area contributed by atoms with Crippen LogP contribution in [-0.4, -0.2) is 36.9 Å². The molecule has 2 aromatic rings. The highest BCUT2D eigenvalue weighted by molar-refractivity contribution is 7.89. The highest BCUT2D eigenvalue weighted by Gasteiger charge is 2.49. The first-order valence-electron chi connectivity index (χ1n) is 9.81. The zero-order chi connectivity index (χ0) is 19.7. The Labute approximate surface area is 166 Å². The van der Waals surface area contributed by atoms with E-state index >= 15 is 0 Å². The van der Waals surface area contributed by atoms with E-state index in [1.807, 2.05) is 25.1 Å². The van der Waals surface area contributed by atoms with Gasteiger partial charge in [-0.25, -0.2) is 8.42 Å². The van der Waals surface area contributed by atoms with Crippen LogP contribution >= 0.6 is 0 Å². The molecule has 1 aliphatic carbocycles. The van der Waals surface area contributed by atoms with Crippen molar-refractivity contribution in [1.82, 2.24) is 4.31 Å². The van der Waals surface area contributed by atoms with E-state index in [-0.39, 0.29) is 29.2 Å². The van der Waals surface area contributed by atoms with E-state index in [2.05, 4.69) is 0 Å². The first-order valence-corrected chi connectivity index (χ1v) is 11.2. The van der Waals surface area contributed by atoms with Gasteiger partial charge in [0.25, 0.3) is 0 Å². The molecule has 0 aromatic heterocycles. The van der Waals surface area contributed by atoms with Crippen LogP contribution in [0.4, 0.5) is 0 Å². The van der Waals surface area contributed by atoms with Crippen LogP contribution in [0.15, 0.2) is 59.5 Å². The molecule has 4 rings (SSSR count). The first-order chi connectivity index (χ1) is 13.5. The maximum Gasteiger partial charge on any atom is 0.245 e. The maximum absolute atomic E-state index is 13.5. The third kappa shape index (κ3) is 3.64. The molecule has 1 aliphatic heterocycles. The largest absolute Gasteiger partial charge is 0.357 e. The van der Waals surface area contributed by atoms with Gasteiger partial charge in [0, 0.05) is 5.56 Å². The zero-order valence-corrected chi connectivity index (χ0v) is 16.8. The summed E-state index contributed by atoms with van der Waals surface area (Å²) in [7, 11) is -3.75. The number of ketones is 1. The number of carbonyl (C=O) groups excluding carboxylic acids is 1. The van der Waals surface area contributed by atoms with Gasteiger partial charge in [-0.05, 0) is 31.9 Å². The van der Waals surface area contributed by atoms with Crippen molar-refractivity contribution in [2.24, 2.45) is 0 Å². The Kier molecular flexibility index (Phi) is 5.36. The molecule has 5 nitrogen and oxygen atoms in total. The molecule has 2 aromatic carbocycles. The van der Waals surface area contributed by atoms with Gasteiger partial charge in [0.15, 0.2) is 5.78 Å². The molecule has 0 bridgehead atoms. The summed E-state index contributed by atoms with van der Waals surface area (Å²) in [5, 5.41) is 0. The summed E-state index contributed by atoms with van der Waals surface area (Å²) in [6.07, 6.45) is 2.74. The van der Waals surface area contributed by atoms with Crippen LogP contribution in [0.1, 0.15) is 48.0 Å². The molecule has 0 spiro atoms. The van der Waals surface area contributed by atoms with Crippen LogP contribution in [0, 0.1) is 6.92 Å². The van der Waals surface area contributed by atoms with Crippen LogP contribution < -0.4 is 0 Å². The highest BCUT2D eigenvalue weighted by atomic mass is 32.2. The van der Waals surface area contributed by atoms with E-state index in [0.717, 1.165) is 31.2 Å². The van der Waals surface area contributed by atoms with E-state index in [1.165, 1.54) is 4.31 Å². The van der Waals surface area contributed by atoms with Gasteiger partial charge in [-0.15, -0.1) is 0 Å². The van der Waals surface area contributed by atoms with Crippen molar-refractivity contribution in [2.45, 2.75) is 62.3 Å². The molecular weight excluding hydrogens is 374 g/mol. The molecule has 0 N–H and O–H groups in total. The molecule has 2 aliphatic rings. The normalized spacial score (nSPS) is 25.4. The van der Waals surface area contributed by atoms with Crippen LogP contribution in [0.3, 0.4) is 0 Å². The Bertz CT molecular complexity index is 940. The third-order valence-corrected chi connectivity index (χ3v) is 7.59. The second kappa shape index (κ2) is 7.78. The fraction of sp³-hybridized carbons (Fsp3) is 0.409. The summed E-state index contributed by atoms with van der Waals surface area (Å²) in [4.78, 5) is 13.0. The van der Waals surface area contributed by atoms with Gasteiger partial charge in [-0.3, -0.25) is 4.79 Å². The van der Waals surface area contributed by atoms with Gasteiger partial charge in [0.2, 0.25) is 10.0 Å². The maximum atomic E-state index is 13.5. The van der Waals surface area contributed by atoms with Crippen molar-refractivity contribution in [3.63, 3.8) is 0 Å². The summed E-state index contributed by atoms with van der Waals surface area (Å²) >= 11 is 0. The molecule has 148 valence electrons. The molecular formula is C22H25NO4S. The van der Waals surface area contributed by atoms with Crippen LogP contribution in [0.5, 0.6) is 0 Å². The standard InChI is InChI=1S/C22H25NO4S/c1-16-11-13-18(14-12-16)28(25,26)23-19-9-5-6-10-21(19)27-22(23)15-20(24)17-7-3-2-4-8-17/h2-4,7-8,11-14,19,21-22H,5-6,9-10,15H2,1H3/t19?,21?,22-/m0/s1. The smallest absolute Gasteiger partial charge is 0.245 e. The Morgan fingerprint density at radius 1 is 1.04 bits per heavy atom. The van der Waals surface area contributed by atoms with Crippen molar-refractivity contribution in [3.8, 4) is 0 Å². The lowest BCUT2D eigenvalue weighted by molar-refractivity contribution is 0.0111. The van der Waals surface area contributed by atoms with E-state index in [0.29, 0.717) is 5.56 Å². The summed E-state index contributed by atoms with van der Waals surface area (Å²) in [5.41, 5.74) is 1.58. The lowest BCUT2D eigenvalue weighted by Crippen LogP contribution is -2.44. The number of ether oxygens (including phenoxy) is 1. The number of Topliss-reactive ketones (excluding diaryl/α,β-unsaturated/α-hetero) is 1. The quantitative estimate of drug-likeness (QED) is 0.715.